The van der Waals surface area contributed by atoms with Crippen molar-refractivity contribution in [2.75, 3.05) is 7.11 Å². The number of fused-ring (bicyclic) bond motifs is 2. The van der Waals surface area contributed by atoms with Gasteiger partial charge in [0.1, 0.15) is 0 Å². The first-order valence-electron chi connectivity index (χ1n) is 9.46. The van der Waals surface area contributed by atoms with Crippen LogP contribution in [-0.4, -0.2) is 33.0 Å². The number of aromatic nitrogens is 3. The molecule has 0 aliphatic heterocycles. The van der Waals surface area contributed by atoms with Crippen molar-refractivity contribution in [3.8, 4) is 11.4 Å². The molecule has 0 fully saturated rings. The Balaban J connectivity index is 2.08. The molecule has 0 bridgehead atoms. The second kappa shape index (κ2) is 7.24. The number of aromatic amines is 1. The minimum absolute atomic E-state index is 0.0343. The maximum Gasteiger partial charge on any atom is 0.303 e. The second-order valence-electron chi connectivity index (χ2n) is 7.39. The molecule has 0 unspecified atom stereocenters. The monoisotopic (exact) mass is 395 g/mol. The van der Waals surface area contributed by atoms with Gasteiger partial charge in [-0.3, -0.25) is 9.89 Å². The number of carboxylic acid groups (broad SMARTS) is 1. The molecular weight excluding hydrogens is 373 g/mol. The van der Waals surface area contributed by atoms with E-state index in [2.05, 4.69) is 28.6 Å². The summed E-state index contributed by atoms with van der Waals surface area (Å²) in [5, 5.41) is 18.3. The van der Waals surface area contributed by atoms with E-state index >= 15 is 0 Å². The van der Waals surface area contributed by atoms with Gasteiger partial charge < -0.3 is 14.4 Å². The van der Waals surface area contributed by atoms with Crippen LogP contribution in [0.25, 0.3) is 27.5 Å². The Morgan fingerprint density at radius 2 is 2.10 bits per heavy atom. The minimum Gasteiger partial charge on any atom is -0.494 e. The zero-order valence-corrected chi connectivity index (χ0v) is 16.5. The van der Waals surface area contributed by atoms with Gasteiger partial charge in [0, 0.05) is 34.6 Å². The molecule has 2 aromatic carbocycles. The second-order valence-corrected chi connectivity index (χ2v) is 7.39. The van der Waals surface area contributed by atoms with Crippen LogP contribution < -0.4 is 4.74 Å². The summed E-state index contributed by atoms with van der Waals surface area (Å²) in [6.07, 6.45) is 2.19. The number of benzene rings is 2. The first-order chi connectivity index (χ1) is 13.9. The molecule has 0 saturated carbocycles. The quantitative estimate of drug-likeness (QED) is 0.492. The number of halogens is 1. The van der Waals surface area contributed by atoms with Gasteiger partial charge in [-0.05, 0) is 42.2 Å². The first kappa shape index (κ1) is 19.0. The molecule has 0 spiro atoms. The number of nitrogens with one attached hydrogen (secondary N) is 1. The molecule has 0 aliphatic carbocycles. The summed E-state index contributed by atoms with van der Waals surface area (Å²) >= 11 is 0. The van der Waals surface area contributed by atoms with Crippen LogP contribution in [0.4, 0.5) is 4.39 Å². The lowest BCUT2D eigenvalue weighted by atomic mass is 9.99. The number of nitrogens with zero attached hydrogens (tertiary/aromatic N) is 2. The predicted octanol–water partition coefficient (Wildman–Crippen LogP) is 4.80. The maximum atomic E-state index is 14.0. The average molecular weight is 395 g/mol. The molecule has 2 heterocycles. The first-order valence-corrected chi connectivity index (χ1v) is 9.46. The van der Waals surface area contributed by atoms with Crippen LogP contribution in [0.15, 0.2) is 36.5 Å². The molecule has 0 saturated heterocycles. The van der Waals surface area contributed by atoms with E-state index in [4.69, 9.17) is 4.74 Å². The van der Waals surface area contributed by atoms with Gasteiger partial charge in [0.05, 0.1) is 24.3 Å². The molecule has 0 aliphatic rings. The van der Waals surface area contributed by atoms with Crippen LogP contribution in [0.2, 0.25) is 0 Å². The number of aliphatic carboxylic acids is 1. The van der Waals surface area contributed by atoms with E-state index in [1.807, 2.05) is 12.1 Å². The van der Waals surface area contributed by atoms with Gasteiger partial charge in [0.25, 0.3) is 0 Å². The molecule has 150 valence electrons. The van der Waals surface area contributed by atoms with Crippen molar-refractivity contribution < 1.29 is 19.0 Å². The lowest BCUT2D eigenvalue weighted by Crippen LogP contribution is -2.06. The highest BCUT2D eigenvalue weighted by Crippen LogP contribution is 2.37. The zero-order chi connectivity index (χ0) is 20.7. The molecule has 7 heteroatoms. The van der Waals surface area contributed by atoms with Crippen LogP contribution in [0.3, 0.4) is 0 Å². The summed E-state index contributed by atoms with van der Waals surface area (Å²) in [7, 11) is 1.44. The van der Waals surface area contributed by atoms with E-state index in [1.54, 1.807) is 18.3 Å². The van der Waals surface area contributed by atoms with Crippen molar-refractivity contribution in [1.82, 2.24) is 14.8 Å². The number of ether oxygens (including phenoxy) is 1. The van der Waals surface area contributed by atoms with Crippen LogP contribution in [0, 0.1) is 5.82 Å². The summed E-state index contributed by atoms with van der Waals surface area (Å²) in [6.45, 7) is 4.15. The zero-order valence-electron chi connectivity index (χ0n) is 16.5. The summed E-state index contributed by atoms with van der Waals surface area (Å²) in [6, 6.07) is 8.81. The Hall–Kier alpha value is -3.35. The number of hydrogen-bond acceptors (Lipinski definition) is 3. The molecule has 0 atom stereocenters. The molecule has 29 heavy (non-hydrogen) atoms. The summed E-state index contributed by atoms with van der Waals surface area (Å²) in [5.41, 5.74) is 4.57. The Morgan fingerprint density at radius 3 is 2.79 bits per heavy atom. The molecule has 0 radical (unpaired) electrons. The number of rotatable bonds is 6. The standard InChI is InChI=1S/C22H22FN3O3/c1-12(2)22-15(5-7-21(27)28)16-10-18-13(11-24-25-18)8-19(16)26(22)14-4-6-17(23)20(9-14)29-3/h4,6,8-12H,5,7H2,1-3H3,(H,24,25)(H,27,28). The van der Waals surface area contributed by atoms with Gasteiger partial charge >= 0.3 is 5.97 Å². The highest BCUT2D eigenvalue weighted by Gasteiger charge is 2.22. The van der Waals surface area contributed by atoms with Crippen molar-refractivity contribution in [3.05, 3.63) is 53.6 Å². The van der Waals surface area contributed by atoms with Gasteiger partial charge in [-0.15, -0.1) is 0 Å². The largest absolute Gasteiger partial charge is 0.494 e. The molecule has 2 N–H and O–H groups in total. The third-order valence-electron chi connectivity index (χ3n) is 5.20. The number of hydrogen-bond donors (Lipinski definition) is 2. The van der Waals surface area contributed by atoms with Crippen LogP contribution in [0.1, 0.15) is 37.4 Å². The molecule has 6 nitrogen and oxygen atoms in total. The average Bonchev–Trinajstić information content (AvgIpc) is 3.26. The predicted molar refractivity (Wildman–Crippen MR) is 109 cm³/mol. The van der Waals surface area contributed by atoms with Crippen LogP contribution in [0.5, 0.6) is 5.75 Å². The minimum atomic E-state index is -0.841. The van der Waals surface area contributed by atoms with Gasteiger partial charge in [0.15, 0.2) is 11.6 Å². The number of carboxylic acids is 1. The van der Waals surface area contributed by atoms with Gasteiger partial charge in [-0.25, -0.2) is 4.39 Å². The van der Waals surface area contributed by atoms with E-state index in [-0.39, 0.29) is 18.1 Å². The van der Waals surface area contributed by atoms with Gasteiger partial charge in [-0.2, -0.15) is 5.10 Å². The van der Waals surface area contributed by atoms with Crippen LogP contribution >= 0.6 is 0 Å². The van der Waals surface area contributed by atoms with Crippen molar-refractivity contribution in [2.45, 2.75) is 32.6 Å². The topological polar surface area (TPSA) is 80.1 Å². The van der Waals surface area contributed by atoms with Crippen molar-refractivity contribution in [3.63, 3.8) is 0 Å². The molecule has 4 aromatic rings. The third-order valence-corrected chi connectivity index (χ3v) is 5.20. The third kappa shape index (κ3) is 3.22. The van der Waals surface area contributed by atoms with Gasteiger partial charge in [-0.1, -0.05) is 13.8 Å². The number of methoxy groups -OCH3 is 1. The highest BCUT2D eigenvalue weighted by molar-refractivity contribution is 5.98. The number of aryl methyl sites for hydroxylation is 1. The summed E-state index contributed by atoms with van der Waals surface area (Å²) in [5.74, 6) is -0.983. The number of carbonyl (C=O) groups is 1. The van der Waals surface area contributed by atoms with Crippen molar-refractivity contribution in [2.24, 2.45) is 0 Å². The molecular formula is C22H22FN3O3. The van der Waals surface area contributed by atoms with E-state index in [0.29, 0.717) is 6.42 Å². The van der Waals surface area contributed by atoms with Gasteiger partial charge in [0.2, 0.25) is 0 Å². The Morgan fingerprint density at radius 1 is 1.31 bits per heavy atom. The number of H-pyrrole nitrogens is 1. The highest BCUT2D eigenvalue weighted by atomic mass is 19.1. The lowest BCUT2D eigenvalue weighted by molar-refractivity contribution is -0.136. The summed E-state index contributed by atoms with van der Waals surface area (Å²) in [4.78, 5) is 11.3. The SMILES string of the molecule is COc1cc(-n2c(C(C)C)c(CCC(=O)O)c3cc4[nH]ncc4cc32)ccc1F. The van der Waals surface area contributed by atoms with Crippen molar-refractivity contribution in [1.29, 1.82) is 0 Å². The fourth-order valence-corrected chi connectivity index (χ4v) is 3.98. The van der Waals surface area contributed by atoms with E-state index < -0.39 is 11.8 Å². The lowest BCUT2D eigenvalue weighted by Gasteiger charge is -2.16. The Bertz CT molecular complexity index is 1220. The van der Waals surface area contributed by atoms with Crippen LogP contribution in [-0.2, 0) is 11.2 Å². The normalized spacial score (nSPS) is 11.6. The fraction of sp³-hybridized carbons (Fsp3) is 0.273. The van der Waals surface area contributed by atoms with E-state index in [0.717, 1.165) is 38.8 Å². The summed E-state index contributed by atoms with van der Waals surface area (Å²) < 4.78 is 21.3. The molecule has 0 amide bonds. The smallest absolute Gasteiger partial charge is 0.303 e. The van der Waals surface area contributed by atoms with Crippen molar-refractivity contribution >= 4 is 27.8 Å². The van der Waals surface area contributed by atoms with E-state index in [1.165, 1.54) is 13.2 Å². The fourth-order valence-electron chi connectivity index (χ4n) is 3.98. The Labute approximate surface area is 166 Å². The Kier molecular flexibility index (Phi) is 4.74. The maximum absolute atomic E-state index is 14.0. The molecule has 4 rings (SSSR count). The van der Waals surface area contributed by atoms with E-state index in [9.17, 15) is 14.3 Å². The molecule has 2 aromatic heterocycles.